The third kappa shape index (κ3) is 5.48. The number of halogens is 3. The second-order valence-electron chi connectivity index (χ2n) is 4.40. The van der Waals surface area contributed by atoms with Crippen molar-refractivity contribution in [3.8, 4) is 0 Å². The van der Waals surface area contributed by atoms with Gasteiger partial charge in [-0.25, -0.2) is 4.79 Å². The highest BCUT2D eigenvalue weighted by atomic mass is 19.4. The number of anilines is 1. The van der Waals surface area contributed by atoms with Crippen LogP contribution in [0.15, 0.2) is 24.3 Å². The van der Waals surface area contributed by atoms with E-state index in [1.165, 1.54) is 4.90 Å². The molecule has 7 heteroatoms. The van der Waals surface area contributed by atoms with Gasteiger partial charge in [-0.1, -0.05) is 17.7 Å². The number of hydrogen-bond donors (Lipinski definition) is 2. The number of rotatable bonds is 5. The van der Waals surface area contributed by atoms with Crippen LogP contribution in [-0.2, 0) is 0 Å². The second-order valence-corrected chi connectivity index (χ2v) is 4.40. The van der Waals surface area contributed by atoms with Crippen molar-refractivity contribution in [1.29, 1.82) is 0 Å². The lowest BCUT2D eigenvalue weighted by Crippen LogP contribution is -2.44. The number of urea groups is 1. The Morgan fingerprint density at radius 1 is 1.30 bits per heavy atom. The lowest BCUT2D eigenvalue weighted by Gasteiger charge is -2.23. The Morgan fingerprint density at radius 3 is 2.40 bits per heavy atom. The SMILES string of the molecule is Cc1ccc(N(CCCN)C(=O)NCC(F)(F)F)cc1. The van der Waals surface area contributed by atoms with Gasteiger partial charge in [-0.15, -0.1) is 0 Å². The third-order valence-corrected chi connectivity index (χ3v) is 2.62. The Morgan fingerprint density at radius 2 is 1.90 bits per heavy atom. The van der Waals surface area contributed by atoms with Crippen LogP contribution in [0, 0.1) is 6.92 Å². The van der Waals surface area contributed by atoms with Gasteiger partial charge in [0.25, 0.3) is 0 Å². The molecule has 2 amide bonds. The molecule has 112 valence electrons. The van der Waals surface area contributed by atoms with Crippen LogP contribution in [-0.4, -0.2) is 31.8 Å². The average Bonchev–Trinajstić information content (AvgIpc) is 2.38. The van der Waals surface area contributed by atoms with Crippen molar-refractivity contribution in [2.45, 2.75) is 19.5 Å². The summed E-state index contributed by atoms with van der Waals surface area (Å²) in [6.07, 6.45) is -3.92. The minimum Gasteiger partial charge on any atom is -0.330 e. The molecule has 0 fully saturated rings. The Balaban J connectivity index is 2.77. The van der Waals surface area contributed by atoms with Crippen LogP contribution in [0.3, 0.4) is 0 Å². The van der Waals surface area contributed by atoms with Crippen molar-refractivity contribution >= 4 is 11.7 Å². The molecule has 3 N–H and O–H groups in total. The number of carbonyl (C=O) groups excluding carboxylic acids is 1. The number of nitrogens with zero attached hydrogens (tertiary/aromatic N) is 1. The molecule has 1 aromatic rings. The fourth-order valence-electron chi connectivity index (χ4n) is 1.59. The summed E-state index contributed by atoms with van der Waals surface area (Å²) in [7, 11) is 0. The molecular formula is C13H18F3N3O. The van der Waals surface area contributed by atoms with E-state index in [9.17, 15) is 18.0 Å². The van der Waals surface area contributed by atoms with E-state index in [-0.39, 0.29) is 6.54 Å². The highest BCUT2D eigenvalue weighted by Crippen LogP contribution is 2.17. The smallest absolute Gasteiger partial charge is 0.330 e. The number of carbonyl (C=O) groups is 1. The van der Waals surface area contributed by atoms with Gasteiger partial charge < -0.3 is 11.1 Å². The molecule has 4 nitrogen and oxygen atoms in total. The van der Waals surface area contributed by atoms with Crippen molar-refractivity contribution in [3.05, 3.63) is 29.8 Å². The number of benzene rings is 1. The van der Waals surface area contributed by atoms with Crippen LogP contribution in [0.25, 0.3) is 0 Å². The van der Waals surface area contributed by atoms with E-state index in [1.54, 1.807) is 24.3 Å². The van der Waals surface area contributed by atoms with Gasteiger partial charge in [-0.3, -0.25) is 4.90 Å². The molecule has 0 heterocycles. The van der Waals surface area contributed by atoms with Gasteiger partial charge in [0, 0.05) is 12.2 Å². The predicted molar refractivity (Wildman–Crippen MR) is 71.7 cm³/mol. The van der Waals surface area contributed by atoms with Crippen LogP contribution in [0.1, 0.15) is 12.0 Å². The molecular weight excluding hydrogens is 271 g/mol. The highest BCUT2D eigenvalue weighted by molar-refractivity contribution is 5.91. The van der Waals surface area contributed by atoms with Crippen molar-refractivity contribution in [2.24, 2.45) is 5.73 Å². The summed E-state index contributed by atoms with van der Waals surface area (Å²) in [6, 6.07) is 6.20. The van der Waals surface area contributed by atoms with E-state index in [0.29, 0.717) is 18.7 Å². The molecule has 0 aliphatic rings. The third-order valence-electron chi connectivity index (χ3n) is 2.62. The first-order valence-electron chi connectivity index (χ1n) is 6.22. The molecule has 0 aliphatic carbocycles. The number of aryl methyl sites for hydroxylation is 1. The number of alkyl halides is 3. The monoisotopic (exact) mass is 289 g/mol. The van der Waals surface area contributed by atoms with E-state index < -0.39 is 18.8 Å². The molecule has 0 bridgehead atoms. The Hall–Kier alpha value is -1.76. The van der Waals surface area contributed by atoms with Crippen molar-refractivity contribution in [2.75, 3.05) is 24.5 Å². The van der Waals surface area contributed by atoms with E-state index in [0.717, 1.165) is 5.56 Å². The fourth-order valence-corrected chi connectivity index (χ4v) is 1.59. The maximum absolute atomic E-state index is 12.1. The minimum atomic E-state index is -4.43. The molecule has 0 spiro atoms. The van der Waals surface area contributed by atoms with Gasteiger partial charge in [0.2, 0.25) is 0 Å². The van der Waals surface area contributed by atoms with Crippen molar-refractivity contribution in [3.63, 3.8) is 0 Å². The Kier molecular flexibility index (Phi) is 5.82. The van der Waals surface area contributed by atoms with E-state index in [4.69, 9.17) is 5.73 Å². The molecule has 0 aromatic heterocycles. The molecule has 0 aliphatic heterocycles. The topological polar surface area (TPSA) is 58.4 Å². The summed E-state index contributed by atoms with van der Waals surface area (Å²) in [5.74, 6) is 0. The van der Waals surface area contributed by atoms with Crippen LogP contribution >= 0.6 is 0 Å². The molecule has 0 radical (unpaired) electrons. The maximum Gasteiger partial charge on any atom is 0.405 e. The molecule has 0 unspecified atom stereocenters. The van der Waals surface area contributed by atoms with Crippen LogP contribution in [0.5, 0.6) is 0 Å². The van der Waals surface area contributed by atoms with E-state index >= 15 is 0 Å². The summed E-state index contributed by atoms with van der Waals surface area (Å²) >= 11 is 0. The van der Waals surface area contributed by atoms with Gasteiger partial charge in [0.15, 0.2) is 0 Å². The van der Waals surface area contributed by atoms with Gasteiger partial charge in [0.1, 0.15) is 6.54 Å². The van der Waals surface area contributed by atoms with Gasteiger partial charge in [-0.05, 0) is 32.0 Å². The number of hydrogen-bond acceptors (Lipinski definition) is 2. The summed E-state index contributed by atoms with van der Waals surface area (Å²) in [6.45, 7) is 1.16. The number of nitrogens with two attached hydrogens (primary N) is 1. The van der Waals surface area contributed by atoms with Crippen LogP contribution < -0.4 is 16.0 Å². The zero-order valence-corrected chi connectivity index (χ0v) is 11.2. The molecule has 1 aromatic carbocycles. The second kappa shape index (κ2) is 7.14. The zero-order valence-electron chi connectivity index (χ0n) is 11.2. The largest absolute Gasteiger partial charge is 0.405 e. The summed E-state index contributed by atoms with van der Waals surface area (Å²) in [4.78, 5) is 13.1. The zero-order chi connectivity index (χ0) is 15.2. The summed E-state index contributed by atoms with van der Waals surface area (Å²) < 4.78 is 36.4. The van der Waals surface area contributed by atoms with E-state index in [1.807, 2.05) is 12.2 Å². The van der Waals surface area contributed by atoms with Crippen LogP contribution in [0.2, 0.25) is 0 Å². The summed E-state index contributed by atoms with van der Waals surface area (Å²) in [5, 5.41) is 1.87. The number of nitrogens with one attached hydrogen (secondary N) is 1. The minimum absolute atomic E-state index is 0.267. The average molecular weight is 289 g/mol. The molecule has 0 saturated heterocycles. The van der Waals surface area contributed by atoms with Gasteiger partial charge >= 0.3 is 12.2 Å². The first-order chi connectivity index (χ1) is 9.33. The van der Waals surface area contributed by atoms with Crippen LogP contribution in [0.4, 0.5) is 23.7 Å². The standard InChI is InChI=1S/C13H18F3N3O/c1-10-3-5-11(6-4-10)19(8-2-7-17)12(20)18-9-13(14,15)16/h3-6H,2,7-9,17H2,1H3,(H,18,20). The molecule has 20 heavy (non-hydrogen) atoms. The van der Waals surface area contributed by atoms with Gasteiger partial charge in [-0.2, -0.15) is 13.2 Å². The first-order valence-corrected chi connectivity index (χ1v) is 6.22. The highest BCUT2D eigenvalue weighted by Gasteiger charge is 2.29. The maximum atomic E-state index is 12.1. The summed E-state index contributed by atoms with van der Waals surface area (Å²) in [5.41, 5.74) is 6.93. The number of amides is 2. The Bertz CT molecular complexity index is 431. The lowest BCUT2D eigenvalue weighted by molar-refractivity contribution is -0.122. The van der Waals surface area contributed by atoms with Crippen molar-refractivity contribution in [1.82, 2.24) is 5.32 Å². The van der Waals surface area contributed by atoms with E-state index in [2.05, 4.69) is 0 Å². The Labute approximate surface area is 115 Å². The normalized spacial score (nSPS) is 11.2. The lowest BCUT2D eigenvalue weighted by atomic mass is 10.2. The van der Waals surface area contributed by atoms with Crippen molar-refractivity contribution < 1.29 is 18.0 Å². The predicted octanol–water partition coefficient (Wildman–Crippen LogP) is 2.42. The quantitative estimate of drug-likeness (QED) is 0.874. The molecule has 1 rings (SSSR count). The molecule has 0 atom stereocenters. The molecule has 0 saturated carbocycles. The van der Waals surface area contributed by atoms with Gasteiger partial charge in [0.05, 0.1) is 0 Å². The fraction of sp³-hybridized carbons (Fsp3) is 0.462. The first kappa shape index (κ1) is 16.3.